The van der Waals surface area contributed by atoms with Crippen molar-refractivity contribution in [2.75, 3.05) is 25.1 Å². The van der Waals surface area contributed by atoms with Crippen molar-refractivity contribution < 1.29 is 23.7 Å². The van der Waals surface area contributed by atoms with Crippen molar-refractivity contribution in [1.29, 1.82) is 5.26 Å². The molecule has 0 amide bonds. The zero-order chi connectivity index (χ0) is 21.7. The third-order valence-corrected chi connectivity index (χ3v) is 5.11. The minimum atomic E-state index is -0.747. The van der Waals surface area contributed by atoms with Crippen LogP contribution >= 0.6 is 12.2 Å². The van der Waals surface area contributed by atoms with Gasteiger partial charge in [-0.15, -0.1) is 0 Å². The Morgan fingerprint density at radius 1 is 1.23 bits per heavy atom. The van der Waals surface area contributed by atoms with E-state index in [9.17, 15) is 0 Å². The second kappa shape index (κ2) is 10.0. The van der Waals surface area contributed by atoms with E-state index in [2.05, 4.69) is 16.7 Å². The van der Waals surface area contributed by atoms with Gasteiger partial charge in [0.25, 0.3) is 0 Å². The molecule has 2 aliphatic rings. The lowest BCUT2D eigenvalue weighted by molar-refractivity contribution is -0.222. The molecule has 0 bridgehead atoms. The molecule has 164 valence electrons. The third-order valence-electron chi connectivity index (χ3n) is 4.89. The van der Waals surface area contributed by atoms with Gasteiger partial charge in [-0.3, -0.25) is 0 Å². The molecule has 3 rings (SSSR count). The second-order valence-corrected chi connectivity index (χ2v) is 7.94. The molecule has 2 aliphatic heterocycles. The minimum Gasteiger partial charge on any atom is -0.379 e. The number of hydrogen-bond donors (Lipinski definition) is 2. The van der Waals surface area contributed by atoms with Gasteiger partial charge >= 0.3 is 0 Å². The van der Waals surface area contributed by atoms with Crippen LogP contribution in [0.4, 0.5) is 5.69 Å². The fraction of sp³-hybridized carbons (Fsp3) is 0.619. The van der Waals surface area contributed by atoms with E-state index in [0.717, 1.165) is 5.69 Å². The zero-order valence-corrected chi connectivity index (χ0v) is 18.5. The lowest BCUT2D eigenvalue weighted by atomic mass is 10.0. The number of rotatable bonds is 8. The lowest BCUT2D eigenvalue weighted by Crippen LogP contribution is -2.54. The SMILES string of the molecule is CCOC[C@@H](OCC)[C@H]1O[C@@H]2OC(C)(C)O[C@@H]2[C@H]1NC(=S)Nc1ccc(C#N)cc1. The first-order valence-electron chi connectivity index (χ1n) is 10.1. The van der Waals surface area contributed by atoms with Gasteiger partial charge in [0.2, 0.25) is 0 Å². The van der Waals surface area contributed by atoms with E-state index < -0.39 is 12.1 Å². The zero-order valence-electron chi connectivity index (χ0n) is 17.7. The summed E-state index contributed by atoms with van der Waals surface area (Å²) in [6, 6.07) is 8.85. The number of nitriles is 1. The molecule has 0 radical (unpaired) electrons. The van der Waals surface area contributed by atoms with E-state index in [1.54, 1.807) is 24.3 Å². The van der Waals surface area contributed by atoms with Gasteiger partial charge in [-0.2, -0.15) is 5.26 Å². The summed E-state index contributed by atoms with van der Waals surface area (Å²) in [5, 5.41) is 15.8. The number of ether oxygens (including phenoxy) is 5. The molecular weight excluding hydrogens is 406 g/mol. The predicted octanol–water partition coefficient (Wildman–Crippen LogP) is 2.53. The van der Waals surface area contributed by atoms with Crippen LogP contribution in [0.1, 0.15) is 33.3 Å². The van der Waals surface area contributed by atoms with E-state index in [1.807, 2.05) is 27.7 Å². The maximum atomic E-state index is 8.95. The molecule has 1 aromatic rings. The largest absolute Gasteiger partial charge is 0.379 e. The van der Waals surface area contributed by atoms with Crippen molar-refractivity contribution >= 4 is 23.0 Å². The van der Waals surface area contributed by atoms with Crippen molar-refractivity contribution in [3.05, 3.63) is 29.8 Å². The van der Waals surface area contributed by atoms with E-state index in [1.165, 1.54) is 0 Å². The van der Waals surface area contributed by atoms with Crippen LogP contribution in [0, 0.1) is 11.3 Å². The molecule has 0 aromatic heterocycles. The number of anilines is 1. The Labute approximate surface area is 182 Å². The highest BCUT2D eigenvalue weighted by atomic mass is 32.1. The number of hydrogen-bond acceptors (Lipinski definition) is 7. The summed E-state index contributed by atoms with van der Waals surface area (Å²) in [6.45, 7) is 9.09. The van der Waals surface area contributed by atoms with Gasteiger partial charge in [-0.25, -0.2) is 0 Å². The molecule has 2 heterocycles. The Balaban J connectivity index is 1.73. The van der Waals surface area contributed by atoms with Crippen molar-refractivity contribution in [2.45, 2.75) is 64.1 Å². The fourth-order valence-electron chi connectivity index (χ4n) is 3.65. The molecule has 2 saturated heterocycles. The van der Waals surface area contributed by atoms with Gasteiger partial charge in [0.05, 0.1) is 24.3 Å². The smallest absolute Gasteiger partial charge is 0.189 e. The molecule has 0 unspecified atom stereocenters. The van der Waals surface area contributed by atoms with Gasteiger partial charge in [-0.05, 0) is 64.2 Å². The molecule has 0 spiro atoms. The number of benzene rings is 1. The minimum absolute atomic E-state index is 0.299. The van der Waals surface area contributed by atoms with E-state index >= 15 is 0 Å². The van der Waals surface area contributed by atoms with Crippen LogP contribution in [-0.2, 0) is 23.7 Å². The monoisotopic (exact) mass is 435 g/mol. The van der Waals surface area contributed by atoms with Gasteiger partial charge in [0, 0.05) is 18.9 Å². The van der Waals surface area contributed by atoms with Crippen LogP contribution in [0.15, 0.2) is 24.3 Å². The first-order chi connectivity index (χ1) is 14.4. The summed E-state index contributed by atoms with van der Waals surface area (Å²) in [5.41, 5.74) is 1.36. The number of fused-ring (bicyclic) bond motifs is 1. The average Bonchev–Trinajstić information content (AvgIpc) is 3.18. The van der Waals surface area contributed by atoms with Gasteiger partial charge in [0.1, 0.15) is 18.3 Å². The fourth-order valence-corrected chi connectivity index (χ4v) is 3.90. The summed E-state index contributed by atoms with van der Waals surface area (Å²) in [6.07, 6.45) is -1.55. The van der Waals surface area contributed by atoms with Crippen LogP contribution in [-0.4, -0.2) is 61.4 Å². The van der Waals surface area contributed by atoms with Crippen molar-refractivity contribution in [3.63, 3.8) is 0 Å². The Kier molecular flexibility index (Phi) is 7.63. The van der Waals surface area contributed by atoms with Crippen LogP contribution in [0.25, 0.3) is 0 Å². The molecule has 5 atom stereocenters. The Bertz CT molecular complexity index is 767. The number of nitrogens with zero attached hydrogens (tertiary/aromatic N) is 1. The average molecular weight is 436 g/mol. The van der Waals surface area contributed by atoms with Gasteiger partial charge in [-0.1, -0.05) is 0 Å². The Morgan fingerprint density at radius 2 is 1.97 bits per heavy atom. The van der Waals surface area contributed by atoms with Crippen LogP contribution < -0.4 is 10.6 Å². The quantitative estimate of drug-likeness (QED) is 0.597. The first kappa shape index (κ1) is 22.9. The second-order valence-electron chi connectivity index (χ2n) is 7.54. The normalized spacial score (nSPS) is 27.8. The topological polar surface area (TPSA) is 94.0 Å². The first-order valence-corrected chi connectivity index (χ1v) is 10.6. The van der Waals surface area contributed by atoms with Crippen LogP contribution in [0.3, 0.4) is 0 Å². The van der Waals surface area contributed by atoms with E-state index in [-0.39, 0.29) is 24.4 Å². The highest BCUT2D eigenvalue weighted by Crippen LogP contribution is 2.39. The summed E-state index contributed by atoms with van der Waals surface area (Å²) in [4.78, 5) is 0. The van der Waals surface area contributed by atoms with Crippen molar-refractivity contribution in [2.24, 2.45) is 0 Å². The predicted molar refractivity (Wildman–Crippen MR) is 115 cm³/mol. The molecule has 8 nitrogen and oxygen atoms in total. The van der Waals surface area contributed by atoms with E-state index in [4.69, 9.17) is 41.2 Å². The molecule has 2 N–H and O–H groups in total. The molecule has 2 fully saturated rings. The maximum Gasteiger partial charge on any atom is 0.189 e. The molecule has 1 aromatic carbocycles. The maximum absolute atomic E-state index is 8.95. The Hall–Kier alpha value is -1.80. The van der Waals surface area contributed by atoms with Gasteiger partial charge in [0.15, 0.2) is 17.2 Å². The third kappa shape index (κ3) is 5.46. The highest BCUT2D eigenvalue weighted by molar-refractivity contribution is 7.80. The molecule has 0 aliphatic carbocycles. The molecule has 30 heavy (non-hydrogen) atoms. The summed E-state index contributed by atoms with van der Waals surface area (Å²) < 4.78 is 29.7. The molecule has 0 saturated carbocycles. The van der Waals surface area contributed by atoms with E-state index in [0.29, 0.717) is 30.5 Å². The van der Waals surface area contributed by atoms with Gasteiger partial charge < -0.3 is 34.3 Å². The number of nitrogens with one attached hydrogen (secondary N) is 2. The summed E-state index contributed by atoms with van der Waals surface area (Å²) in [7, 11) is 0. The molecule has 9 heteroatoms. The standard InChI is InChI=1S/C21H29N3O5S/c1-5-25-12-15(26-6-2)17-16(18-19(27-17)29-21(3,4)28-18)24-20(30)23-14-9-7-13(11-22)8-10-14/h7-10,15-19H,5-6,12H2,1-4H3,(H2,23,24,30)/t15-,16+,17-,18-,19-/m1/s1. The highest BCUT2D eigenvalue weighted by Gasteiger charge is 2.57. The van der Waals surface area contributed by atoms with Crippen LogP contribution in [0.2, 0.25) is 0 Å². The van der Waals surface area contributed by atoms with Crippen molar-refractivity contribution in [1.82, 2.24) is 5.32 Å². The number of thiocarbonyl (C=S) groups is 1. The van der Waals surface area contributed by atoms with Crippen molar-refractivity contribution in [3.8, 4) is 6.07 Å². The summed E-state index contributed by atoms with van der Waals surface area (Å²) >= 11 is 5.53. The summed E-state index contributed by atoms with van der Waals surface area (Å²) in [5.74, 6) is -0.747. The molecular formula is C21H29N3O5S. The lowest BCUT2D eigenvalue weighted by Gasteiger charge is -2.31. The van der Waals surface area contributed by atoms with Crippen LogP contribution in [0.5, 0.6) is 0 Å². The Morgan fingerprint density at radius 3 is 2.60 bits per heavy atom.